The third-order valence-corrected chi connectivity index (χ3v) is 2.04. The molecule has 1 rings (SSSR count). The third kappa shape index (κ3) is 2.89. The Bertz CT molecular complexity index is 144. The highest BCUT2D eigenvalue weighted by Crippen LogP contribution is 2.25. The Morgan fingerprint density at radius 3 is 2.82 bits per heavy atom. The van der Waals surface area contributed by atoms with Crippen LogP contribution in [0.2, 0.25) is 0 Å². The van der Waals surface area contributed by atoms with E-state index in [-0.39, 0.29) is 12.1 Å². The molecule has 2 atom stereocenters. The monoisotopic (exact) mass is 158 g/mol. The van der Waals surface area contributed by atoms with Crippen molar-refractivity contribution in [3.8, 4) is 0 Å². The fourth-order valence-electron chi connectivity index (χ4n) is 1.44. The molecule has 1 aliphatic carbocycles. The molecule has 1 N–H and O–H groups in total. The first-order chi connectivity index (χ1) is 5.18. The van der Waals surface area contributed by atoms with E-state index in [2.05, 4.69) is 0 Å². The summed E-state index contributed by atoms with van der Waals surface area (Å²) < 4.78 is 4.82. The van der Waals surface area contributed by atoms with E-state index in [1.165, 1.54) is 6.92 Å². The highest BCUT2D eigenvalue weighted by molar-refractivity contribution is 5.65. The Morgan fingerprint density at radius 2 is 2.36 bits per heavy atom. The van der Waals surface area contributed by atoms with Crippen LogP contribution in [0.25, 0.3) is 0 Å². The van der Waals surface area contributed by atoms with Crippen molar-refractivity contribution >= 4 is 5.97 Å². The molecule has 0 unspecified atom stereocenters. The van der Waals surface area contributed by atoms with Crippen LogP contribution in [-0.4, -0.2) is 23.8 Å². The van der Waals surface area contributed by atoms with Crippen LogP contribution in [0, 0.1) is 5.92 Å². The van der Waals surface area contributed by atoms with Crippen molar-refractivity contribution in [3.63, 3.8) is 0 Å². The second-order valence-corrected chi connectivity index (χ2v) is 3.14. The Balaban J connectivity index is 2.13. The molecule has 0 radical (unpaired) electrons. The lowest BCUT2D eigenvalue weighted by atomic mass is 10.1. The number of carbonyl (C=O) groups excluding carboxylic acids is 1. The zero-order valence-electron chi connectivity index (χ0n) is 6.75. The first-order valence-electron chi connectivity index (χ1n) is 4.00. The van der Waals surface area contributed by atoms with Crippen molar-refractivity contribution in [1.29, 1.82) is 0 Å². The van der Waals surface area contributed by atoms with Gasteiger partial charge in [0.05, 0.1) is 12.7 Å². The molecule has 3 nitrogen and oxygen atoms in total. The fraction of sp³-hybridized carbons (Fsp3) is 0.875. The molecule has 3 heteroatoms. The minimum atomic E-state index is -0.230. The van der Waals surface area contributed by atoms with Crippen molar-refractivity contribution in [3.05, 3.63) is 0 Å². The van der Waals surface area contributed by atoms with Gasteiger partial charge in [-0.3, -0.25) is 4.79 Å². The van der Waals surface area contributed by atoms with Gasteiger partial charge in [-0.15, -0.1) is 0 Å². The van der Waals surface area contributed by atoms with E-state index < -0.39 is 0 Å². The number of esters is 1. The minimum Gasteiger partial charge on any atom is -0.466 e. The highest BCUT2D eigenvalue weighted by Gasteiger charge is 2.23. The quantitative estimate of drug-likeness (QED) is 0.602. The second kappa shape index (κ2) is 3.72. The van der Waals surface area contributed by atoms with Gasteiger partial charge in [-0.25, -0.2) is 0 Å². The molecule has 0 aromatic carbocycles. The summed E-state index contributed by atoms with van der Waals surface area (Å²) in [5, 5.41) is 9.12. The standard InChI is InChI=1S/C8H14O3/c1-6(9)11-5-7-2-3-8(10)4-7/h7-8,10H,2-5H2,1H3/t7-,8-/m0/s1. The zero-order valence-corrected chi connectivity index (χ0v) is 6.75. The Kier molecular flexibility index (Phi) is 2.88. The molecule has 0 aromatic rings. The van der Waals surface area contributed by atoms with Crippen LogP contribution in [0.5, 0.6) is 0 Å². The van der Waals surface area contributed by atoms with Gasteiger partial charge in [-0.1, -0.05) is 0 Å². The topological polar surface area (TPSA) is 46.5 Å². The van der Waals surface area contributed by atoms with Crippen LogP contribution in [0.4, 0.5) is 0 Å². The lowest BCUT2D eigenvalue weighted by Crippen LogP contribution is -2.10. The van der Waals surface area contributed by atoms with E-state index in [0.717, 1.165) is 19.3 Å². The van der Waals surface area contributed by atoms with Crippen LogP contribution in [0.15, 0.2) is 0 Å². The smallest absolute Gasteiger partial charge is 0.302 e. The first-order valence-corrected chi connectivity index (χ1v) is 4.00. The summed E-state index contributed by atoms with van der Waals surface area (Å²) in [6.45, 7) is 1.89. The number of rotatable bonds is 2. The Morgan fingerprint density at radius 1 is 1.64 bits per heavy atom. The lowest BCUT2D eigenvalue weighted by Gasteiger charge is -2.07. The van der Waals surface area contributed by atoms with Gasteiger partial charge in [0.2, 0.25) is 0 Å². The summed E-state index contributed by atoms with van der Waals surface area (Å²) >= 11 is 0. The van der Waals surface area contributed by atoms with Gasteiger partial charge in [-0.05, 0) is 25.2 Å². The average molecular weight is 158 g/mol. The van der Waals surface area contributed by atoms with Gasteiger partial charge < -0.3 is 9.84 Å². The largest absolute Gasteiger partial charge is 0.466 e. The summed E-state index contributed by atoms with van der Waals surface area (Å²) in [7, 11) is 0. The summed E-state index contributed by atoms with van der Waals surface area (Å²) in [6.07, 6.45) is 2.45. The van der Waals surface area contributed by atoms with Crippen molar-refractivity contribution in [1.82, 2.24) is 0 Å². The molecule has 0 spiro atoms. The Labute approximate surface area is 66.4 Å². The van der Waals surface area contributed by atoms with E-state index in [4.69, 9.17) is 9.84 Å². The van der Waals surface area contributed by atoms with E-state index in [0.29, 0.717) is 12.5 Å². The maximum atomic E-state index is 10.4. The van der Waals surface area contributed by atoms with Crippen LogP contribution >= 0.6 is 0 Å². The molecule has 0 amide bonds. The minimum absolute atomic E-state index is 0.171. The van der Waals surface area contributed by atoms with E-state index in [9.17, 15) is 4.79 Å². The maximum Gasteiger partial charge on any atom is 0.302 e. The molecule has 0 heterocycles. The molecule has 0 bridgehead atoms. The first kappa shape index (κ1) is 8.53. The summed E-state index contributed by atoms with van der Waals surface area (Å²) in [5.74, 6) is 0.153. The van der Waals surface area contributed by atoms with Gasteiger partial charge in [0, 0.05) is 6.92 Å². The fourth-order valence-corrected chi connectivity index (χ4v) is 1.44. The number of carbonyl (C=O) groups is 1. The summed E-state index contributed by atoms with van der Waals surface area (Å²) in [4.78, 5) is 10.4. The van der Waals surface area contributed by atoms with Gasteiger partial charge in [0.15, 0.2) is 0 Å². The number of aliphatic hydroxyl groups excluding tert-OH is 1. The zero-order chi connectivity index (χ0) is 8.27. The molecule has 11 heavy (non-hydrogen) atoms. The average Bonchev–Trinajstić information content (AvgIpc) is 2.31. The second-order valence-electron chi connectivity index (χ2n) is 3.14. The van der Waals surface area contributed by atoms with Gasteiger partial charge in [-0.2, -0.15) is 0 Å². The highest BCUT2D eigenvalue weighted by atomic mass is 16.5. The van der Waals surface area contributed by atoms with Crippen LogP contribution in [0.3, 0.4) is 0 Å². The van der Waals surface area contributed by atoms with E-state index >= 15 is 0 Å². The number of aliphatic hydroxyl groups is 1. The molecule has 1 saturated carbocycles. The van der Waals surface area contributed by atoms with Crippen molar-refractivity contribution in [2.75, 3.05) is 6.61 Å². The van der Waals surface area contributed by atoms with Crippen LogP contribution < -0.4 is 0 Å². The van der Waals surface area contributed by atoms with Crippen LogP contribution in [0.1, 0.15) is 26.2 Å². The molecule has 1 fully saturated rings. The van der Waals surface area contributed by atoms with Crippen molar-refractivity contribution in [2.24, 2.45) is 5.92 Å². The number of hydrogen-bond donors (Lipinski definition) is 1. The molecular weight excluding hydrogens is 144 g/mol. The van der Waals surface area contributed by atoms with Crippen molar-refractivity contribution < 1.29 is 14.6 Å². The van der Waals surface area contributed by atoms with E-state index in [1.54, 1.807) is 0 Å². The van der Waals surface area contributed by atoms with Gasteiger partial charge >= 0.3 is 5.97 Å². The molecule has 0 saturated heterocycles. The normalized spacial score (nSPS) is 30.4. The SMILES string of the molecule is CC(=O)OC[C@H]1CC[C@H](O)C1. The van der Waals surface area contributed by atoms with Crippen LogP contribution in [-0.2, 0) is 9.53 Å². The molecule has 0 aliphatic heterocycles. The number of hydrogen-bond acceptors (Lipinski definition) is 3. The molecule has 0 aromatic heterocycles. The van der Waals surface area contributed by atoms with E-state index in [1.807, 2.05) is 0 Å². The summed E-state index contributed by atoms with van der Waals surface area (Å²) in [5.41, 5.74) is 0. The molecular formula is C8H14O3. The Hall–Kier alpha value is -0.570. The third-order valence-electron chi connectivity index (χ3n) is 2.04. The number of ether oxygens (including phenoxy) is 1. The maximum absolute atomic E-state index is 10.4. The predicted octanol–water partition coefficient (Wildman–Crippen LogP) is 0.711. The molecule has 1 aliphatic rings. The van der Waals surface area contributed by atoms with Gasteiger partial charge in [0.25, 0.3) is 0 Å². The molecule has 64 valence electrons. The lowest BCUT2D eigenvalue weighted by molar-refractivity contribution is -0.142. The van der Waals surface area contributed by atoms with Crippen molar-refractivity contribution in [2.45, 2.75) is 32.3 Å². The predicted molar refractivity (Wildman–Crippen MR) is 40.0 cm³/mol. The van der Waals surface area contributed by atoms with Gasteiger partial charge in [0.1, 0.15) is 0 Å². The summed E-state index contributed by atoms with van der Waals surface area (Å²) in [6, 6.07) is 0.